The fraction of sp³-hybridized carbons (Fsp3) is 0.500. The fourth-order valence-corrected chi connectivity index (χ4v) is 2.07. The van der Waals surface area contributed by atoms with Crippen LogP contribution in [0.4, 0.5) is 0 Å². The average Bonchev–Trinajstić information content (AvgIpc) is 2.43. The third kappa shape index (κ3) is 5.57. The summed E-state index contributed by atoms with van der Waals surface area (Å²) in [7, 11) is 3.73. The van der Waals surface area contributed by atoms with Crippen molar-refractivity contribution in [2.45, 2.75) is 13.5 Å². The summed E-state index contributed by atoms with van der Waals surface area (Å²) in [6.45, 7) is 4.79. The second-order valence-electron chi connectivity index (χ2n) is 4.28. The van der Waals surface area contributed by atoms with Gasteiger partial charge in [0, 0.05) is 33.8 Å². The van der Waals surface area contributed by atoms with E-state index in [1.807, 2.05) is 31.0 Å². The summed E-state index contributed by atoms with van der Waals surface area (Å²) in [6.07, 6.45) is 0. The highest BCUT2D eigenvalue weighted by Crippen LogP contribution is 2.23. The fourth-order valence-electron chi connectivity index (χ4n) is 1.75. The van der Waals surface area contributed by atoms with Crippen molar-refractivity contribution in [3.8, 4) is 0 Å². The van der Waals surface area contributed by atoms with Crippen molar-refractivity contribution in [3.63, 3.8) is 0 Å². The lowest BCUT2D eigenvalue weighted by molar-refractivity contribution is 0.152. The van der Waals surface area contributed by atoms with Gasteiger partial charge in [-0.3, -0.25) is 4.99 Å². The molecule has 0 radical (unpaired) electrons. The number of halogens is 2. The summed E-state index contributed by atoms with van der Waals surface area (Å²) in [5, 5.41) is 4.38. The molecule has 1 aromatic carbocycles. The van der Waals surface area contributed by atoms with Gasteiger partial charge >= 0.3 is 0 Å². The van der Waals surface area contributed by atoms with Crippen molar-refractivity contribution in [3.05, 3.63) is 33.8 Å². The molecule has 0 aliphatic rings. The van der Waals surface area contributed by atoms with E-state index in [0.29, 0.717) is 23.2 Å². The molecule has 0 fully saturated rings. The quantitative estimate of drug-likeness (QED) is 0.498. The maximum Gasteiger partial charge on any atom is 0.193 e. The maximum absolute atomic E-state index is 6.02. The molecule has 0 aromatic heterocycles. The Kier molecular flexibility index (Phi) is 7.73. The molecule has 0 unspecified atom stereocenters. The van der Waals surface area contributed by atoms with Gasteiger partial charge in [-0.05, 0) is 24.6 Å². The minimum atomic E-state index is 0.567. The summed E-state index contributed by atoms with van der Waals surface area (Å²) < 4.78 is 5.29. The van der Waals surface area contributed by atoms with Crippen molar-refractivity contribution >= 4 is 29.2 Å². The highest BCUT2D eigenvalue weighted by Gasteiger charge is 2.07. The van der Waals surface area contributed by atoms with Gasteiger partial charge < -0.3 is 15.0 Å². The van der Waals surface area contributed by atoms with Gasteiger partial charge in [-0.2, -0.15) is 0 Å². The second-order valence-corrected chi connectivity index (χ2v) is 5.09. The monoisotopic (exact) mass is 317 g/mol. The molecule has 4 nitrogen and oxygen atoms in total. The van der Waals surface area contributed by atoms with Crippen LogP contribution in [0.15, 0.2) is 23.2 Å². The number of aliphatic imine (C=N–C) groups is 1. The normalized spacial score (nSPS) is 11.6. The van der Waals surface area contributed by atoms with E-state index >= 15 is 0 Å². The number of nitrogens with zero attached hydrogens (tertiary/aromatic N) is 2. The van der Waals surface area contributed by atoms with Crippen molar-refractivity contribution in [1.82, 2.24) is 10.2 Å². The van der Waals surface area contributed by atoms with Crippen LogP contribution in [0.5, 0.6) is 0 Å². The van der Waals surface area contributed by atoms with Crippen LogP contribution < -0.4 is 5.32 Å². The molecule has 0 spiro atoms. The summed E-state index contributed by atoms with van der Waals surface area (Å²) in [6, 6.07) is 5.63. The number of hydrogen-bond donors (Lipinski definition) is 1. The van der Waals surface area contributed by atoms with Crippen molar-refractivity contribution in [2.75, 3.05) is 33.9 Å². The second kappa shape index (κ2) is 9.06. The molecule has 1 rings (SSSR count). The van der Waals surface area contributed by atoms with E-state index in [2.05, 4.69) is 10.3 Å². The van der Waals surface area contributed by atoms with Crippen molar-refractivity contribution in [1.29, 1.82) is 0 Å². The summed E-state index contributed by atoms with van der Waals surface area (Å²) in [4.78, 5) is 6.26. The van der Waals surface area contributed by atoms with Crippen LogP contribution in [0.1, 0.15) is 12.5 Å². The Hall–Kier alpha value is -0.970. The molecule has 1 aromatic rings. The molecule has 0 saturated carbocycles. The number of benzene rings is 1. The van der Waals surface area contributed by atoms with E-state index in [1.165, 1.54) is 0 Å². The molecule has 0 saturated heterocycles. The lowest BCUT2D eigenvalue weighted by Crippen LogP contribution is -2.39. The Morgan fingerprint density at radius 2 is 2.10 bits per heavy atom. The highest BCUT2D eigenvalue weighted by atomic mass is 35.5. The average molecular weight is 318 g/mol. The summed E-state index contributed by atoms with van der Waals surface area (Å²) in [5.74, 6) is 0.816. The molecule has 112 valence electrons. The largest absolute Gasteiger partial charge is 0.380 e. The first-order valence-electron chi connectivity index (χ1n) is 6.52. The lowest BCUT2D eigenvalue weighted by Gasteiger charge is -2.22. The van der Waals surface area contributed by atoms with E-state index < -0.39 is 0 Å². The first kappa shape index (κ1) is 17.1. The zero-order valence-corrected chi connectivity index (χ0v) is 13.6. The Morgan fingerprint density at radius 1 is 1.35 bits per heavy atom. The third-order valence-corrected chi connectivity index (χ3v) is 3.45. The van der Waals surface area contributed by atoms with Gasteiger partial charge in [-0.15, -0.1) is 0 Å². The van der Waals surface area contributed by atoms with Gasteiger partial charge in [0.25, 0.3) is 0 Å². The number of guanidine groups is 1. The Labute approximate surface area is 130 Å². The van der Waals surface area contributed by atoms with E-state index in [0.717, 1.165) is 24.7 Å². The van der Waals surface area contributed by atoms with Gasteiger partial charge in [0.05, 0.1) is 16.7 Å². The molecule has 0 aliphatic heterocycles. The Morgan fingerprint density at radius 3 is 2.70 bits per heavy atom. The molecule has 0 aliphatic carbocycles. The minimum absolute atomic E-state index is 0.567. The first-order valence-corrected chi connectivity index (χ1v) is 7.27. The molecule has 0 bridgehead atoms. The molecule has 0 amide bonds. The van der Waals surface area contributed by atoms with Gasteiger partial charge in [0.15, 0.2) is 5.96 Å². The highest BCUT2D eigenvalue weighted by molar-refractivity contribution is 6.42. The Balaban J connectivity index is 2.54. The molecular weight excluding hydrogens is 297 g/mol. The minimum Gasteiger partial charge on any atom is -0.380 e. The zero-order chi connectivity index (χ0) is 15.0. The van der Waals surface area contributed by atoms with Gasteiger partial charge in [-0.25, -0.2) is 0 Å². The number of hydrogen-bond acceptors (Lipinski definition) is 2. The summed E-state index contributed by atoms with van der Waals surface area (Å²) >= 11 is 11.9. The Bertz CT molecular complexity index is 452. The smallest absolute Gasteiger partial charge is 0.193 e. The van der Waals surface area contributed by atoms with E-state index in [-0.39, 0.29) is 0 Å². The van der Waals surface area contributed by atoms with Crippen LogP contribution >= 0.6 is 23.2 Å². The molecule has 20 heavy (non-hydrogen) atoms. The van der Waals surface area contributed by atoms with Crippen LogP contribution in [0.25, 0.3) is 0 Å². The molecule has 0 heterocycles. The van der Waals surface area contributed by atoms with Crippen LogP contribution in [-0.2, 0) is 11.3 Å². The van der Waals surface area contributed by atoms with Gasteiger partial charge in [-0.1, -0.05) is 29.3 Å². The van der Waals surface area contributed by atoms with Crippen molar-refractivity contribution < 1.29 is 4.74 Å². The van der Waals surface area contributed by atoms with Crippen LogP contribution in [-0.4, -0.2) is 44.7 Å². The zero-order valence-electron chi connectivity index (χ0n) is 12.1. The van der Waals surface area contributed by atoms with Gasteiger partial charge in [0.2, 0.25) is 0 Å². The lowest BCUT2D eigenvalue weighted by atomic mass is 10.2. The predicted molar refractivity (Wildman–Crippen MR) is 85.8 cm³/mol. The first-order chi connectivity index (χ1) is 9.58. The predicted octanol–water partition coefficient (Wildman–Crippen LogP) is 3.04. The number of rotatable bonds is 6. The maximum atomic E-state index is 6.02. The van der Waals surface area contributed by atoms with Crippen LogP contribution in [0.3, 0.4) is 0 Å². The summed E-state index contributed by atoms with van der Waals surface area (Å²) in [5.41, 5.74) is 1.08. The van der Waals surface area contributed by atoms with E-state index in [9.17, 15) is 0 Å². The standard InChI is InChI=1S/C14H21Cl2N3O/c1-4-20-8-7-18-14(17-2)19(3)10-11-5-6-12(15)13(16)9-11/h5-6,9H,4,7-8,10H2,1-3H3,(H,17,18). The third-order valence-electron chi connectivity index (χ3n) is 2.71. The SMILES string of the molecule is CCOCCNC(=NC)N(C)Cc1ccc(Cl)c(Cl)c1. The van der Waals surface area contributed by atoms with Crippen LogP contribution in [0, 0.1) is 0 Å². The number of ether oxygens (including phenoxy) is 1. The van der Waals surface area contributed by atoms with E-state index in [1.54, 1.807) is 13.1 Å². The van der Waals surface area contributed by atoms with Crippen LogP contribution in [0.2, 0.25) is 10.0 Å². The van der Waals surface area contributed by atoms with Crippen molar-refractivity contribution in [2.24, 2.45) is 4.99 Å². The van der Waals surface area contributed by atoms with E-state index in [4.69, 9.17) is 27.9 Å². The number of nitrogens with one attached hydrogen (secondary N) is 1. The molecule has 1 N–H and O–H groups in total. The molecule has 6 heteroatoms. The molecule has 0 atom stereocenters. The molecular formula is C14H21Cl2N3O. The van der Waals surface area contributed by atoms with Gasteiger partial charge in [0.1, 0.15) is 0 Å². The topological polar surface area (TPSA) is 36.9 Å².